The highest BCUT2D eigenvalue weighted by Crippen LogP contribution is 2.36. The molecule has 0 atom stereocenters. The molecule has 0 aliphatic rings. The first-order valence-corrected chi connectivity index (χ1v) is 4.56. The Morgan fingerprint density at radius 3 is 1.60 bits per heavy atom. The van der Waals surface area contributed by atoms with Crippen LogP contribution in [-0.4, -0.2) is 26.9 Å². The number of halogens is 6. The summed E-state index contributed by atoms with van der Waals surface area (Å²) in [7, 11) is -5.06. The number of hydrogen-bond donors (Lipinski definition) is 0. The van der Waals surface area contributed by atoms with Crippen LogP contribution in [0.1, 0.15) is 0 Å². The van der Waals surface area contributed by atoms with Crippen molar-refractivity contribution in [1.82, 2.24) is 0 Å². The zero-order chi connectivity index (χ0) is 12.5. The molecule has 0 aliphatic heterocycles. The third-order valence-electron chi connectivity index (χ3n) is 1.03. The van der Waals surface area contributed by atoms with Crippen LogP contribution in [-0.2, 0) is 14.3 Å². The van der Waals surface area contributed by atoms with Crippen LogP contribution in [0, 0.1) is 0 Å². The largest absolute Gasteiger partial charge is 0.425 e. The summed E-state index contributed by atoms with van der Waals surface area (Å²) in [6.07, 6.45) is -16.1. The Bertz CT molecular complexity index is 312. The maximum Gasteiger partial charge on any atom is 0.425 e. The number of rotatable bonds is 3. The topological polar surface area (TPSA) is 43.4 Å². The van der Waals surface area contributed by atoms with Gasteiger partial charge in [0, 0.05) is 0 Å². The van der Waals surface area contributed by atoms with Gasteiger partial charge in [0.1, 0.15) is 0 Å². The highest BCUT2D eigenvalue weighted by atomic mass is 32.2. The molecule has 0 unspecified atom stereocenters. The van der Waals surface area contributed by atoms with E-state index in [1.807, 2.05) is 0 Å². The molecular weight excluding hydrogens is 254 g/mol. The van der Waals surface area contributed by atoms with E-state index in [1.54, 1.807) is 0 Å². The van der Waals surface area contributed by atoms with E-state index in [9.17, 15) is 34.8 Å². The molecule has 0 rings (SSSR count). The third-order valence-corrected chi connectivity index (χ3v) is 1.90. The molecule has 3 nitrogen and oxygen atoms in total. The van der Waals surface area contributed by atoms with Crippen LogP contribution in [0.5, 0.6) is 0 Å². The molecule has 0 saturated heterocycles. The fourth-order valence-electron chi connectivity index (χ4n) is 0.468. The van der Waals surface area contributed by atoms with Crippen LogP contribution in [0.15, 0.2) is 12.0 Å². The lowest BCUT2D eigenvalue weighted by Gasteiger charge is -2.21. The van der Waals surface area contributed by atoms with Crippen molar-refractivity contribution in [1.29, 1.82) is 0 Å². The van der Waals surface area contributed by atoms with Gasteiger partial charge in [-0.2, -0.15) is 34.8 Å². The zero-order valence-corrected chi connectivity index (χ0v) is 7.58. The Hall–Kier alpha value is -0.770. The van der Waals surface area contributed by atoms with Crippen LogP contribution >= 0.6 is 0 Å². The molecule has 0 aromatic carbocycles. The van der Waals surface area contributed by atoms with Gasteiger partial charge in [-0.15, -0.1) is 0 Å². The van der Waals surface area contributed by atoms with Crippen molar-refractivity contribution in [2.75, 3.05) is 0 Å². The standard InChI is InChI=1S/C5H4F6O3S/c1-2-15(12,13)14-3(4(6,7)8)5(9,10)11/h2-3H,1H2. The quantitative estimate of drug-likeness (QED) is 0.574. The zero-order valence-electron chi connectivity index (χ0n) is 6.76. The molecule has 15 heavy (non-hydrogen) atoms. The van der Waals surface area contributed by atoms with Gasteiger partial charge in [0.15, 0.2) is 0 Å². The second kappa shape index (κ2) is 4.00. The fourth-order valence-corrected chi connectivity index (χ4v) is 1.03. The van der Waals surface area contributed by atoms with Crippen LogP contribution < -0.4 is 0 Å². The van der Waals surface area contributed by atoms with Gasteiger partial charge in [-0.25, -0.2) is 4.18 Å². The second-order valence-electron chi connectivity index (χ2n) is 2.22. The molecule has 0 heterocycles. The van der Waals surface area contributed by atoms with E-state index in [-0.39, 0.29) is 5.41 Å². The van der Waals surface area contributed by atoms with Crippen LogP contribution in [0.3, 0.4) is 0 Å². The normalized spacial score (nSPS) is 14.3. The summed E-state index contributed by atoms with van der Waals surface area (Å²) in [5.41, 5.74) is 0. The van der Waals surface area contributed by atoms with Crippen LogP contribution in [0.4, 0.5) is 26.3 Å². The van der Waals surface area contributed by atoms with Gasteiger partial charge in [0.2, 0.25) is 0 Å². The molecule has 0 amide bonds. The average molecular weight is 258 g/mol. The SMILES string of the molecule is C=CS(=O)(=O)OC(C(F)(F)F)C(F)(F)F. The summed E-state index contributed by atoms with van der Waals surface area (Å²) in [6.45, 7) is 2.50. The van der Waals surface area contributed by atoms with E-state index in [1.165, 1.54) is 0 Å². The first-order chi connectivity index (χ1) is 6.40. The molecule has 0 radical (unpaired) electrons. The monoisotopic (exact) mass is 258 g/mol. The van der Waals surface area contributed by atoms with E-state index >= 15 is 0 Å². The Morgan fingerprint density at radius 1 is 1.07 bits per heavy atom. The Morgan fingerprint density at radius 2 is 1.40 bits per heavy atom. The van der Waals surface area contributed by atoms with Crippen molar-refractivity contribution in [3.05, 3.63) is 12.0 Å². The molecular formula is C5H4F6O3S. The first-order valence-electron chi connectivity index (χ1n) is 3.09. The average Bonchev–Trinajstić information content (AvgIpc) is 1.96. The summed E-state index contributed by atoms with van der Waals surface area (Å²) < 4.78 is 94.1. The summed E-state index contributed by atoms with van der Waals surface area (Å²) in [4.78, 5) is 0. The summed E-state index contributed by atoms with van der Waals surface area (Å²) in [5.74, 6) is 0. The molecule has 0 N–H and O–H groups in total. The highest BCUT2D eigenvalue weighted by Gasteiger charge is 2.59. The van der Waals surface area contributed by atoms with Crippen molar-refractivity contribution < 1.29 is 38.9 Å². The van der Waals surface area contributed by atoms with Crippen molar-refractivity contribution in [2.45, 2.75) is 18.5 Å². The number of alkyl halides is 6. The van der Waals surface area contributed by atoms with Gasteiger partial charge in [-0.05, 0) is 0 Å². The Kier molecular flexibility index (Phi) is 3.80. The van der Waals surface area contributed by atoms with E-state index in [0.29, 0.717) is 0 Å². The van der Waals surface area contributed by atoms with E-state index < -0.39 is 28.6 Å². The van der Waals surface area contributed by atoms with Gasteiger partial charge in [0.25, 0.3) is 16.2 Å². The molecule has 10 heteroatoms. The molecule has 0 aliphatic carbocycles. The van der Waals surface area contributed by atoms with E-state index in [4.69, 9.17) is 0 Å². The summed E-state index contributed by atoms with van der Waals surface area (Å²) in [5, 5.41) is -0.155. The molecule has 0 saturated carbocycles. The van der Waals surface area contributed by atoms with Crippen LogP contribution in [0.25, 0.3) is 0 Å². The molecule has 90 valence electrons. The minimum absolute atomic E-state index is 0.155. The lowest BCUT2D eigenvalue weighted by Crippen LogP contribution is -2.45. The minimum atomic E-state index is -5.87. The van der Waals surface area contributed by atoms with Gasteiger partial charge in [0.05, 0.1) is 5.41 Å². The first kappa shape index (κ1) is 14.2. The summed E-state index contributed by atoms with van der Waals surface area (Å²) >= 11 is 0. The van der Waals surface area contributed by atoms with Gasteiger partial charge in [-0.3, -0.25) is 0 Å². The lowest BCUT2D eigenvalue weighted by molar-refractivity contribution is -0.298. The van der Waals surface area contributed by atoms with Crippen LogP contribution in [0.2, 0.25) is 0 Å². The smallest absolute Gasteiger partial charge is 0.244 e. The number of hydrogen-bond acceptors (Lipinski definition) is 3. The van der Waals surface area contributed by atoms with Crippen molar-refractivity contribution in [2.24, 2.45) is 0 Å². The lowest BCUT2D eigenvalue weighted by atomic mass is 10.3. The van der Waals surface area contributed by atoms with Gasteiger partial charge in [-0.1, -0.05) is 6.58 Å². The molecule has 0 bridgehead atoms. The third kappa shape index (κ3) is 4.51. The molecule has 0 fully saturated rings. The van der Waals surface area contributed by atoms with Gasteiger partial charge < -0.3 is 0 Å². The predicted octanol–water partition coefficient (Wildman–Crippen LogP) is 1.97. The van der Waals surface area contributed by atoms with Crippen molar-refractivity contribution in [3.63, 3.8) is 0 Å². The van der Waals surface area contributed by atoms with Gasteiger partial charge >= 0.3 is 12.4 Å². The van der Waals surface area contributed by atoms with E-state index in [2.05, 4.69) is 10.8 Å². The van der Waals surface area contributed by atoms with Crippen molar-refractivity contribution >= 4 is 10.1 Å². The second-order valence-corrected chi connectivity index (χ2v) is 3.73. The van der Waals surface area contributed by atoms with E-state index in [0.717, 1.165) is 0 Å². The predicted molar refractivity (Wildman–Crippen MR) is 36.1 cm³/mol. The fraction of sp³-hybridized carbons (Fsp3) is 0.600. The minimum Gasteiger partial charge on any atom is -0.244 e. The Labute approximate surface area is 80.5 Å². The maximum absolute atomic E-state index is 11.7. The molecule has 0 aromatic rings. The highest BCUT2D eigenvalue weighted by molar-refractivity contribution is 7.89. The Balaban J connectivity index is 5.10. The van der Waals surface area contributed by atoms with Crippen molar-refractivity contribution in [3.8, 4) is 0 Å². The molecule has 0 spiro atoms. The maximum atomic E-state index is 11.7. The molecule has 0 aromatic heterocycles. The summed E-state index contributed by atoms with van der Waals surface area (Å²) in [6, 6.07) is 0.